The van der Waals surface area contributed by atoms with Gasteiger partial charge in [-0.05, 0) is 46.0 Å². The van der Waals surface area contributed by atoms with E-state index in [0.29, 0.717) is 6.54 Å². The maximum absolute atomic E-state index is 12.5. The molecule has 5 heteroatoms. The van der Waals surface area contributed by atoms with E-state index in [1.807, 2.05) is 25.7 Å². The number of hydrogen-bond donors (Lipinski definition) is 1. The highest BCUT2D eigenvalue weighted by atomic mass is 16.4. The lowest BCUT2D eigenvalue weighted by Crippen LogP contribution is -2.45. The lowest BCUT2D eigenvalue weighted by Gasteiger charge is -2.31. The quantitative estimate of drug-likeness (QED) is 0.747. The predicted octanol–water partition coefficient (Wildman–Crippen LogP) is 2.48. The molecule has 0 aliphatic heterocycles. The highest BCUT2D eigenvalue weighted by Crippen LogP contribution is 2.21. The van der Waals surface area contributed by atoms with E-state index < -0.39 is 5.97 Å². The van der Waals surface area contributed by atoms with Crippen LogP contribution in [-0.4, -0.2) is 52.5 Å². The summed E-state index contributed by atoms with van der Waals surface area (Å²) < 4.78 is 0. The van der Waals surface area contributed by atoms with Gasteiger partial charge in [-0.1, -0.05) is 13.0 Å². The first-order chi connectivity index (χ1) is 9.99. The van der Waals surface area contributed by atoms with Crippen molar-refractivity contribution in [2.45, 2.75) is 58.9 Å². The SMILES string of the molecule is CCC(C)N(CC(=O)O)CC(=O)N(CC)C1=CCCCC1. The fourth-order valence-electron chi connectivity index (χ4n) is 2.66. The van der Waals surface area contributed by atoms with Gasteiger partial charge in [-0.2, -0.15) is 0 Å². The van der Waals surface area contributed by atoms with Crippen molar-refractivity contribution < 1.29 is 14.7 Å². The number of carboxylic acid groups (broad SMARTS) is 1. The average molecular weight is 296 g/mol. The van der Waals surface area contributed by atoms with Gasteiger partial charge in [-0.3, -0.25) is 14.5 Å². The molecule has 1 N–H and O–H groups in total. The molecule has 21 heavy (non-hydrogen) atoms. The van der Waals surface area contributed by atoms with Crippen molar-refractivity contribution in [2.75, 3.05) is 19.6 Å². The Hall–Kier alpha value is -1.36. The number of aliphatic carboxylic acids is 1. The van der Waals surface area contributed by atoms with Gasteiger partial charge < -0.3 is 10.0 Å². The first kappa shape index (κ1) is 17.7. The predicted molar refractivity (Wildman–Crippen MR) is 82.9 cm³/mol. The Morgan fingerprint density at radius 2 is 2.00 bits per heavy atom. The van der Waals surface area contributed by atoms with Crippen molar-refractivity contribution in [2.24, 2.45) is 0 Å². The molecule has 5 nitrogen and oxygen atoms in total. The van der Waals surface area contributed by atoms with Gasteiger partial charge in [0.25, 0.3) is 0 Å². The number of rotatable bonds is 8. The van der Waals surface area contributed by atoms with Crippen LogP contribution in [-0.2, 0) is 9.59 Å². The van der Waals surface area contributed by atoms with Crippen molar-refractivity contribution in [3.63, 3.8) is 0 Å². The zero-order valence-electron chi connectivity index (χ0n) is 13.5. The molecule has 0 aromatic rings. The first-order valence-electron chi connectivity index (χ1n) is 7.94. The highest BCUT2D eigenvalue weighted by Gasteiger charge is 2.23. The molecule has 0 aromatic heterocycles. The monoisotopic (exact) mass is 296 g/mol. The number of hydrogen-bond acceptors (Lipinski definition) is 3. The third-order valence-corrected chi connectivity index (χ3v) is 4.12. The van der Waals surface area contributed by atoms with Gasteiger partial charge >= 0.3 is 5.97 Å². The average Bonchev–Trinajstić information content (AvgIpc) is 2.47. The Labute approximate surface area is 127 Å². The van der Waals surface area contributed by atoms with Crippen LogP contribution in [0.15, 0.2) is 11.8 Å². The van der Waals surface area contributed by atoms with Gasteiger partial charge in [0.1, 0.15) is 0 Å². The molecule has 0 fully saturated rings. The molecule has 0 bridgehead atoms. The minimum Gasteiger partial charge on any atom is -0.480 e. The summed E-state index contributed by atoms with van der Waals surface area (Å²) >= 11 is 0. The largest absolute Gasteiger partial charge is 0.480 e. The summed E-state index contributed by atoms with van der Waals surface area (Å²) in [6, 6.07) is 0.0871. The molecule has 0 aromatic carbocycles. The van der Waals surface area contributed by atoms with Crippen molar-refractivity contribution in [1.29, 1.82) is 0 Å². The number of allylic oxidation sites excluding steroid dienone is 2. The Kier molecular flexibility index (Phi) is 7.43. The van der Waals surface area contributed by atoms with Gasteiger partial charge in [0.15, 0.2) is 0 Å². The Morgan fingerprint density at radius 1 is 1.29 bits per heavy atom. The molecule has 1 aliphatic rings. The number of nitrogens with zero attached hydrogens (tertiary/aromatic N) is 2. The normalized spacial score (nSPS) is 16.5. The Balaban J connectivity index is 2.73. The second-order valence-corrected chi connectivity index (χ2v) is 5.64. The summed E-state index contributed by atoms with van der Waals surface area (Å²) in [5.74, 6) is -0.879. The number of carbonyl (C=O) groups is 2. The van der Waals surface area contributed by atoms with Crippen LogP contribution in [0, 0.1) is 0 Å². The van der Waals surface area contributed by atoms with Gasteiger partial charge in [0.05, 0.1) is 13.1 Å². The van der Waals surface area contributed by atoms with E-state index in [-0.39, 0.29) is 25.0 Å². The topological polar surface area (TPSA) is 60.9 Å². The number of likely N-dealkylation sites (N-methyl/N-ethyl adjacent to an activating group) is 1. The van der Waals surface area contributed by atoms with E-state index >= 15 is 0 Å². The van der Waals surface area contributed by atoms with Gasteiger partial charge in [-0.25, -0.2) is 0 Å². The van der Waals surface area contributed by atoms with Crippen molar-refractivity contribution >= 4 is 11.9 Å². The van der Waals surface area contributed by atoms with E-state index in [0.717, 1.165) is 31.4 Å². The molecule has 0 saturated heterocycles. The molecule has 0 spiro atoms. The lowest BCUT2D eigenvalue weighted by atomic mass is 10.0. The van der Waals surface area contributed by atoms with Crippen LogP contribution in [0.1, 0.15) is 52.9 Å². The van der Waals surface area contributed by atoms with E-state index in [9.17, 15) is 9.59 Å². The molecule has 1 aliphatic carbocycles. The molecule has 0 radical (unpaired) electrons. The number of carbonyl (C=O) groups excluding carboxylic acids is 1. The fourth-order valence-corrected chi connectivity index (χ4v) is 2.66. The summed E-state index contributed by atoms with van der Waals surface area (Å²) in [7, 11) is 0. The zero-order valence-corrected chi connectivity index (χ0v) is 13.5. The van der Waals surface area contributed by atoms with Crippen LogP contribution < -0.4 is 0 Å². The van der Waals surface area contributed by atoms with Gasteiger partial charge in [-0.15, -0.1) is 0 Å². The smallest absolute Gasteiger partial charge is 0.317 e. The molecule has 1 rings (SSSR count). The van der Waals surface area contributed by atoms with Crippen LogP contribution >= 0.6 is 0 Å². The highest BCUT2D eigenvalue weighted by molar-refractivity contribution is 5.81. The van der Waals surface area contributed by atoms with E-state index in [1.54, 1.807) is 4.90 Å². The van der Waals surface area contributed by atoms with E-state index in [4.69, 9.17) is 5.11 Å². The molecular formula is C16H28N2O3. The van der Waals surface area contributed by atoms with E-state index in [1.165, 1.54) is 6.42 Å². The van der Waals surface area contributed by atoms with Crippen LogP contribution in [0.5, 0.6) is 0 Å². The summed E-state index contributed by atoms with van der Waals surface area (Å²) in [4.78, 5) is 27.1. The maximum atomic E-state index is 12.5. The van der Waals surface area contributed by atoms with Crippen molar-refractivity contribution in [1.82, 2.24) is 9.80 Å². The second-order valence-electron chi connectivity index (χ2n) is 5.64. The number of amides is 1. The molecule has 1 unspecified atom stereocenters. The third kappa shape index (κ3) is 5.50. The van der Waals surface area contributed by atoms with Gasteiger partial charge in [0.2, 0.25) is 5.91 Å². The molecule has 0 saturated carbocycles. The Bertz CT molecular complexity index is 393. The standard InChI is InChI=1S/C16H28N2O3/c1-4-13(3)17(12-16(20)21)11-15(19)18(5-2)14-9-7-6-8-10-14/h9,13H,4-8,10-12H2,1-3H3,(H,20,21). The third-order valence-electron chi connectivity index (χ3n) is 4.12. The second kappa shape index (κ2) is 8.82. The molecular weight excluding hydrogens is 268 g/mol. The minimum atomic E-state index is -0.886. The minimum absolute atomic E-state index is 0.00667. The zero-order chi connectivity index (χ0) is 15.8. The Morgan fingerprint density at radius 3 is 2.48 bits per heavy atom. The molecule has 1 atom stereocenters. The van der Waals surface area contributed by atoms with Crippen LogP contribution in [0.4, 0.5) is 0 Å². The summed E-state index contributed by atoms with van der Waals surface area (Å²) in [5.41, 5.74) is 1.10. The summed E-state index contributed by atoms with van der Waals surface area (Å²) in [6.07, 6.45) is 7.27. The van der Waals surface area contributed by atoms with Crippen molar-refractivity contribution in [3.8, 4) is 0 Å². The van der Waals surface area contributed by atoms with Crippen molar-refractivity contribution in [3.05, 3.63) is 11.8 Å². The van der Waals surface area contributed by atoms with Crippen LogP contribution in [0.2, 0.25) is 0 Å². The van der Waals surface area contributed by atoms with Crippen LogP contribution in [0.3, 0.4) is 0 Å². The van der Waals surface area contributed by atoms with Crippen LogP contribution in [0.25, 0.3) is 0 Å². The van der Waals surface area contributed by atoms with E-state index in [2.05, 4.69) is 6.08 Å². The summed E-state index contributed by atoms with van der Waals surface area (Å²) in [5, 5.41) is 9.01. The first-order valence-corrected chi connectivity index (χ1v) is 7.94. The lowest BCUT2D eigenvalue weighted by molar-refractivity contribution is -0.140. The molecule has 120 valence electrons. The number of carboxylic acids is 1. The van der Waals surface area contributed by atoms with Gasteiger partial charge in [0, 0.05) is 18.3 Å². The maximum Gasteiger partial charge on any atom is 0.317 e. The fraction of sp³-hybridized carbons (Fsp3) is 0.750. The molecule has 0 heterocycles. The molecule has 1 amide bonds. The summed E-state index contributed by atoms with van der Waals surface area (Å²) in [6.45, 7) is 6.67.